The molecule has 1 heterocycles. The van der Waals surface area contributed by atoms with Crippen molar-refractivity contribution in [3.05, 3.63) is 0 Å². The Hall–Kier alpha value is -0.0900. The lowest BCUT2D eigenvalue weighted by Gasteiger charge is -2.41. The first-order valence-electron chi connectivity index (χ1n) is 6.05. The summed E-state index contributed by atoms with van der Waals surface area (Å²) in [5, 5.41) is -0.251. The zero-order chi connectivity index (χ0) is 10.9. The van der Waals surface area contributed by atoms with Crippen LogP contribution in [-0.2, 0) is 9.84 Å². The molecule has 1 aliphatic heterocycles. The van der Waals surface area contributed by atoms with Crippen molar-refractivity contribution in [2.75, 3.05) is 5.75 Å². The van der Waals surface area contributed by atoms with Gasteiger partial charge in [-0.15, -0.1) is 0 Å². The van der Waals surface area contributed by atoms with Crippen LogP contribution in [0.3, 0.4) is 0 Å². The SMILES string of the molecule is NC1([C@H]2CCCCS2(=O)=O)CCCCC1. The zero-order valence-corrected chi connectivity index (χ0v) is 10.1. The molecule has 3 nitrogen and oxygen atoms in total. The quantitative estimate of drug-likeness (QED) is 0.746. The standard InChI is InChI=1S/C11H21NO2S/c12-11(7-3-1-4-8-11)10-6-2-5-9-15(10,13)14/h10H,1-9,12H2/t10-/m1/s1. The van der Waals surface area contributed by atoms with Gasteiger partial charge >= 0.3 is 0 Å². The molecule has 2 fully saturated rings. The molecular formula is C11H21NO2S. The summed E-state index contributed by atoms with van der Waals surface area (Å²) < 4.78 is 24.0. The van der Waals surface area contributed by atoms with E-state index < -0.39 is 15.4 Å². The Morgan fingerprint density at radius 1 is 1.00 bits per heavy atom. The van der Waals surface area contributed by atoms with Gasteiger partial charge in [0.05, 0.1) is 11.0 Å². The molecule has 4 heteroatoms. The second-order valence-corrected chi connectivity index (χ2v) is 7.45. The molecule has 0 aromatic rings. The van der Waals surface area contributed by atoms with Gasteiger partial charge in [0, 0.05) is 5.54 Å². The van der Waals surface area contributed by atoms with Crippen LogP contribution in [0.25, 0.3) is 0 Å². The minimum absolute atomic E-state index is 0.251. The van der Waals surface area contributed by atoms with Gasteiger partial charge in [-0.25, -0.2) is 8.42 Å². The third kappa shape index (κ3) is 2.21. The monoisotopic (exact) mass is 231 g/mol. The molecule has 15 heavy (non-hydrogen) atoms. The van der Waals surface area contributed by atoms with Gasteiger partial charge in [-0.2, -0.15) is 0 Å². The maximum atomic E-state index is 12.0. The number of hydrogen-bond acceptors (Lipinski definition) is 3. The van der Waals surface area contributed by atoms with Gasteiger partial charge < -0.3 is 5.73 Å². The molecule has 0 radical (unpaired) electrons. The summed E-state index contributed by atoms with van der Waals surface area (Å²) in [6.07, 6.45) is 7.86. The van der Waals surface area contributed by atoms with Crippen molar-refractivity contribution in [3.8, 4) is 0 Å². The molecule has 1 atom stereocenters. The molecule has 1 saturated carbocycles. The molecule has 2 N–H and O–H groups in total. The fourth-order valence-corrected chi connectivity index (χ4v) is 5.50. The molecule has 2 rings (SSSR count). The normalized spacial score (nSPS) is 34.9. The van der Waals surface area contributed by atoms with Crippen molar-refractivity contribution in [2.24, 2.45) is 5.73 Å². The predicted molar refractivity (Wildman–Crippen MR) is 61.4 cm³/mol. The van der Waals surface area contributed by atoms with Crippen molar-refractivity contribution >= 4 is 9.84 Å². The van der Waals surface area contributed by atoms with Crippen molar-refractivity contribution < 1.29 is 8.42 Å². The molecule has 0 aromatic heterocycles. The summed E-state index contributed by atoms with van der Waals surface area (Å²) in [5.41, 5.74) is 5.92. The minimum Gasteiger partial charge on any atom is -0.324 e. The number of rotatable bonds is 1. The first-order chi connectivity index (χ1) is 7.05. The van der Waals surface area contributed by atoms with E-state index >= 15 is 0 Å². The van der Waals surface area contributed by atoms with E-state index in [1.54, 1.807) is 0 Å². The molecule has 0 unspecified atom stereocenters. The lowest BCUT2D eigenvalue weighted by Crippen LogP contribution is -2.56. The van der Waals surface area contributed by atoms with E-state index in [0.29, 0.717) is 5.75 Å². The highest BCUT2D eigenvalue weighted by atomic mass is 32.2. The minimum atomic E-state index is -2.91. The topological polar surface area (TPSA) is 60.2 Å². The number of nitrogens with two attached hydrogens (primary N) is 1. The summed E-state index contributed by atoms with van der Waals surface area (Å²) in [5.74, 6) is 0.358. The van der Waals surface area contributed by atoms with Crippen LogP contribution in [0.4, 0.5) is 0 Å². The molecule has 1 aliphatic carbocycles. The Balaban J connectivity index is 2.20. The van der Waals surface area contributed by atoms with Crippen molar-refractivity contribution in [1.29, 1.82) is 0 Å². The maximum absolute atomic E-state index is 12.0. The fourth-order valence-electron chi connectivity index (χ4n) is 3.13. The van der Waals surface area contributed by atoms with Crippen LogP contribution >= 0.6 is 0 Å². The van der Waals surface area contributed by atoms with E-state index in [-0.39, 0.29) is 5.25 Å². The van der Waals surface area contributed by atoms with E-state index in [2.05, 4.69) is 0 Å². The molecule has 88 valence electrons. The largest absolute Gasteiger partial charge is 0.324 e. The highest BCUT2D eigenvalue weighted by Gasteiger charge is 2.44. The average molecular weight is 231 g/mol. The van der Waals surface area contributed by atoms with Gasteiger partial charge in [0.15, 0.2) is 9.84 Å². The Kier molecular flexibility index (Phi) is 3.08. The van der Waals surface area contributed by atoms with Crippen molar-refractivity contribution in [2.45, 2.75) is 62.2 Å². The number of hydrogen-bond donors (Lipinski definition) is 1. The Morgan fingerprint density at radius 3 is 2.27 bits per heavy atom. The van der Waals surface area contributed by atoms with Gasteiger partial charge in [0.2, 0.25) is 0 Å². The molecule has 0 aromatic carbocycles. The van der Waals surface area contributed by atoms with E-state index in [1.807, 2.05) is 0 Å². The van der Waals surface area contributed by atoms with Crippen LogP contribution in [-0.4, -0.2) is 25.0 Å². The van der Waals surface area contributed by atoms with Gasteiger partial charge in [-0.3, -0.25) is 0 Å². The van der Waals surface area contributed by atoms with Crippen LogP contribution < -0.4 is 5.73 Å². The van der Waals surface area contributed by atoms with Crippen molar-refractivity contribution in [1.82, 2.24) is 0 Å². The third-order valence-electron chi connectivity index (χ3n) is 4.00. The highest BCUT2D eigenvalue weighted by molar-refractivity contribution is 7.92. The van der Waals surface area contributed by atoms with Crippen LogP contribution in [0.15, 0.2) is 0 Å². The van der Waals surface area contributed by atoms with E-state index in [9.17, 15) is 8.42 Å². The Bertz CT molecular complexity index is 317. The highest BCUT2D eigenvalue weighted by Crippen LogP contribution is 2.36. The van der Waals surface area contributed by atoms with Gasteiger partial charge in [0.1, 0.15) is 0 Å². The molecule has 0 spiro atoms. The second kappa shape index (κ2) is 4.06. The number of sulfone groups is 1. The van der Waals surface area contributed by atoms with Crippen LogP contribution in [0.1, 0.15) is 51.4 Å². The first kappa shape index (κ1) is 11.4. The van der Waals surface area contributed by atoms with Gasteiger partial charge in [0.25, 0.3) is 0 Å². The maximum Gasteiger partial charge on any atom is 0.154 e. The van der Waals surface area contributed by atoms with E-state index in [4.69, 9.17) is 5.73 Å². The summed E-state index contributed by atoms with van der Waals surface area (Å²) in [7, 11) is -2.91. The van der Waals surface area contributed by atoms with Gasteiger partial charge in [-0.05, 0) is 25.7 Å². The van der Waals surface area contributed by atoms with Crippen LogP contribution in [0.2, 0.25) is 0 Å². The first-order valence-corrected chi connectivity index (χ1v) is 7.77. The lowest BCUT2D eigenvalue weighted by molar-refractivity contribution is 0.268. The van der Waals surface area contributed by atoms with Crippen LogP contribution in [0.5, 0.6) is 0 Å². The molecule has 0 bridgehead atoms. The predicted octanol–water partition coefficient (Wildman–Crippen LogP) is 1.62. The van der Waals surface area contributed by atoms with Crippen molar-refractivity contribution in [3.63, 3.8) is 0 Å². The average Bonchev–Trinajstić information content (AvgIpc) is 2.17. The summed E-state index contributed by atoms with van der Waals surface area (Å²) >= 11 is 0. The van der Waals surface area contributed by atoms with E-state index in [0.717, 1.165) is 44.9 Å². The van der Waals surface area contributed by atoms with E-state index in [1.165, 1.54) is 6.42 Å². The Labute approximate surface area is 92.3 Å². The fraction of sp³-hybridized carbons (Fsp3) is 1.00. The molecular weight excluding hydrogens is 210 g/mol. The zero-order valence-electron chi connectivity index (χ0n) is 9.24. The molecule has 2 aliphatic rings. The van der Waals surface area contributed by atoms with Gasteiger partial charge in [-0.1, -0.05) is 25.7 Å². The summed E-state index contributed by atoms with van der Waals surface area (Å²) in [6.45, 7) is 0. The summed E-state index contributed by atoms with van der Waals surface area (Å²) in [6, 6.07) is 0. The smallest absolute Gasteiger partial charge is 0.154 e. The molecule has 1 saturated heterocycles. The Morgan fingerprint density at radius 2 is 1.67 bits per heavy atom. The third-order valence-corrected chi connectivity index (χ3v) is 6.43. The lowest BCUT2D eigenvalue weighted by atomic mass is 9.78. The molecule has 0 amide bonds. The summed E-state index contributed by atoms with van der Waals surface area (Å²) in [4.78, 5) is 0. The second-order valence-electron chi connectivity index (χ2n) is 5.15. The van der Waals surface area contributed by atoms with Crippen LogP contribution in [0, 0.1) is 0 Å².